The molecular weight excluding hydrogens is 332 g/mol. The van der Waals surface area contributed by atoms with Gasteiger partial charge in [-0.2, -0.15) is 0 Å². The lowest BCUT2D eigenvalue weighted by atomic mass is 10.1. The molecule has 2 heterocycles. The quantitative estimate of drug-likeness (QED) is 0.731. The van der Waals surface area contributed by atoms with E-state index in [-0.39, 0.29) is 11.4 Å². The fraction of sp³-hybridized carbons (Fsp3) is 0.250. The molecule has 3 rings (SSSR count). The minimum Gasteiger partial charge on any atom is -0.427 e. The van der Waals surface area contributed by atoms with Crippen molar-refractivity contribution in [3.8, 4) is 0 Å². The molecule has 0 saturated heterocycles. The van der Waals surface area contributed by atoms with Crippen molar-refractivity contribution >= 4 is 11.7 Å². The maximum atomic E-state index is 12.3. The predicted molar refractivity (Wildman–Crippen MR) is 97.4 cm³/mol. The number of anilines is 1. The van der Waals surface area contributed by atoms with Crippen LogP contribution in [0.25, 0.3) is 0 Å². The first-order valence-corrected chi connectivity index (χ1v) is 8.45. The van der Waals surface area contributed by atoms with Gasteiger partial charge in [-0.15, -0.1) is 0 Å². The number of hydrogen-bond acceptors (Lipinski definition) is 5. The van der Waals surface area contributed by atoms with Crippen molar-refractivity contribution in [2.45, 2.75) is 33.1 Å². The Morgan fingerprint density at radius 2 is 1.88 bits per heavy atom. The zero-order chi connectivity index (χ0) is 18.5. The Bertz CT molecular complexity index is 957. The van der Waals surface area contributed by atoms with Gasteiger partial charge in [-0.3, -0.25) is 4.79 Å². The maximum absolute atomic E-state index is 12.3. The van der Waals surface area contributed by atoms with E-state index in [0.717, 1.165) is 12.8 Å². The number of nitrogens with zero attached hydrogens (tertiary/aromatic N) is 1. The number of amides is 1. The first-order chi connectivity index (χ1) is 12.5. The molecule has 26 heavy (non-hydrogen) atoms. The van der Waals surface area contributed by atoms with Crippen LogP contribution in [0.3, 0.4) is 0 Å². The van der Waals surface area contributed by atoms with E-state index >= 15 is 0 Å². The molecule has 6 heteroatoms. The van der Waals surface area contributed by atoms with Gasteiger partial charge in [0.15, 0.2) is 5.82 Å². The molecule has 0 aliphatic heterocycles. The van der Waals surface area contributed by atoms with Gasteiger partial charge >= 0.3 is 5.63 Å². The average Bonchev–Trinajstić information content (AvgIpc) is 3.00. The molecule has 134 valence electrons. The van der Waals surface area contributed by atoms with Gasteiger partial charge in [-0.05, 0) is 43.9 Å². The van der Waals surface area contributed by atoms with Crippen LogP contribution >= 0.6 is 0 Å². The highest BCUT2D eigenvalue weighted by molar-refractivity contribution is 6.04. The van der Waals surface area contributed by atoms with E-state index in [4.69, 9.17) is 8.94 Å². The van der Waals surface area contributed by atoms with Crippen molar-refractivity contribution in [3.05, 3.63) is 81.1 Å². The van der Waals surface area contributed by atoms with Gasteiger partial charge in [-0.25, -0.2) is 4.79 Å². The normalized spacial score (nSPS) is 10.7. The highest BCUT2D eigenvalue weighted by Gasteiger charge is 2.18. The minimum atomic E-state index is -0.641. The fourth-order valence-electron chi connectivity index (χ4n) is 2.78. The van der Waals surface area contributed by atoms with Gasteiger partial charge in [0, 0.05) is 12.5 Å². The standard InChI is InChI=1S/C20H20N2O4/c1-13-11-16(10-6-9-15-7-4-3-5-8-15)25-20(24)18(13)19(23)21-17-12-14(2)26-22-17/h3-5,7-8,11-12H,6,9-10H2,1-2H3,(H,21,22,23). The van der Waals surface area contributed by atoms with E-state index in [1.54, 1.807) is 26.0 Å². The zero-order valence-electron chi connectivity index (χ0n) is 14.7. The molecule has 3 aromatic rings. The Hall–Kier alpha value is -3.15. The van der Waals surface area contributed by atoms with Gasteiger partial charge in [0.1, 0.15) is 17.1 Å². The summed E-state index contributed by atoms with van der Waals surface area (Å²) in [5, 5.41) is 6.23. The Labute approximate surface area is 150 Å². The van der Waals surface area contributed by atoms with Crippen molar-refractivity contribution in [2.75, 3.05) is 5.32 Å². The molecule has 0 aliphatic carbocycles. The van der Waals surface area contributed by atoms with Crippen molar-refractivity contribution in [2.24, 2.45) is 0 Å². The summed E-state index contributed by atoms with van der Waals surface area (Å²) in [7, 11) is 0. The molecular formula is C20H20N2O4. The highest BCUT2D eigenvalue weighted by atomic mass is 16.5. The molecule has 0 radical (unpaired) electrons. The van der Waals surface area contributed by atoms with Crippen LogP contribution in [0.15, 0.2) is 56.2 Å². The zero-order valence-corrected chi connectivity index (χ0v) is 14.7. The van der Waals surface area contributed by atoms with E-state index < -0.39 is 11.5 Å². The number of hydrogen-bond donors (Lipinski definition) is 1. The molecule has 0 unspecified atom stereocenters. The lowest BCUT2D eigenvalue weighted by Crippen LogP contribution is -2.23. The predicted octanol–water partition coefficient (Wildman–Crippen LogP) is 3.67. The molecule has 1 N–H and O–H groups in total. The van der Waals surface area contributed by atoms with Gasteiger partial charge in [-0.1, -0.05) is 35.5 Å². The first kappa shape index (κ1) is 17.7. The summed E-state index contributed by atoms with van der Waals surface area (Å²) in [6, 6.07) is 13.5. The number of aromatic nitrogens is 1. The number of carbonyl (C=O) groups excluding carboxylic acids is 1. The molecule has 0 atom stereocenters. The smallest absolute Gasteiger partial charge is 0.349 e. The van der Waals surface area contributed by atoms with Gasteiger partial charge in [0.2, 0.25) is 0 Å². The summed E-state index contributed by atoms with van der Waals surface area (Å²) in [4.78, 5) is 24.6. The number of carbonyl (C=O) groups is 1. The van der Waals surface area contributed by atoms with Crippen molar-refractivity contribution < 1.29 is 13.7 Å². The number of rotatable bonds is 6. The summed E-state index contributed by atoms with van der Waals surface area (Å²) in [5.74, 6) is 0.855. The second-order valence-electron chi connectivity index (χ2n) is 6.17. The van der Waals surface area contributed by atoms with Crippen molar-refractivity contribution in [1.29, 1.82) is 0 Å². The van der Waals surface area contributed by atoms with Gasteiger partial charge < -0.3 is 14.3 Å². The highest BCUT2D eigenvalue weighted by Crippen LogP contribution is 2.13. The lowest BCUT2D eigenvalue weighted by Gasteiger charge is -2.07. The van der Waals surface area contributed by atoms with Crippen LogP contribution in [-0.4, -0.2) is 11.1 Å². The summed E-state index contributed by atoms with van der Waals surface area (Å²) >= 11 is 0. The van der Waals surface area contributed by atoms with Crippen LogP contribution < -0.4 is 10.9 Å². The molecule has 1 amide bonds. The number of aryl methyl sites for hydroxylation is 4. The monoisotopic (exact) mass is 352 g/mol. The Morgan fingerprint density at radius 1 is 1.12 bits per heavy atom. The molecule has 1 aromatic carbocycles. The molecule has 0 aliphatic rings. The summed E-state index contributed by atoms with van der Waals surface area (Å²) in [6.45, 7) is 3.44. The Morgan fingerprint density at radius 3 is 2.54 bits per heavy atom. The van der Waals surface area contributed by atoms with Crippen LogP contribution in [0.2, 0.25) is 0 Å². The summed E-state index contributed by atoms with van der Waals surface area (Å²) in [5.41, 5.74) is 1.16. The fourth-order valence-corrected chi connectivity index (χ4v) is 2.78. The van der Waals surface area contributed by atoms with E-state index in [2.05, 4.69) is 22.6 Å². The third-order valence-electron chi connectivity index (χ3n) is 4.03. The summed E-state index contributed by atoms with van der Waals surface area (Å²) in [6.07, 6.45) is 2.39. The van der Waals surface area contributed by atoms with E-state index in [9.17, 15) is 9.59 Å². The van der Waals surface area contributed by atoms with E-state index in [0.29, 0.717) is 23.5 Å². The Kier molecular flexibility index (Phi) is 5.31. The number of benzene rings is 1. The Balaban J connectivity index is 1.67. The SMILES string of the molecule is Cc1cc(NC(=O)c2c(C)cc(CCCc3ccccc3)oc2=O)no1. The second-order valence-corrected chi connectivity index (χ2v) is 6.17. The molecule has 0 bridgehead atoms. The van der Waals surface area contributed by atoms with Crippen LogP contribution in [0.1, 0.15) is 39.4 Å². The van der Waals surface area contributed by atoms with Crippen LogP contribution in [0.5, 0.6) is 0 Å². The first-order valence-electron chi connectivity index (χ1n) is 8.45. The molecule has 0 spiro atoms. The average molecular weight is 352 g/mol. The molecule has 6 nitrogen and oxygen atoms in total. The second kappa shape index (κ2) is 7.82. The molecule has 0 fully saturated rings. The maximum Gasteiger partial charge on any atom is 0.349 e. The minimum absolute atomic E-state index is 0.0162. The molecule has 2 aromatic heterocycles. The third kappa shape index (κ3) is 4.27. The summed E-state index contributed by atoms with van der Waals surface area (Å²) < 4.78 is 10.2. The topological polar surface area (TPSA) is 85.3 Å². The van der Waals surface area contributed by atoms with Gasteiger partial charge in [0.25, 0.3) is 5.91 Å². The third-order valence-corrected chi connectivity index (χ3v) is 4.03. The number of nitrogens with one attached hydrogen (secondary N) is 1. The van der Waals surface area contributed by atoms with E-state index in [1.165, 1.54) is 5.56 Å². The lowest BCUT2D eigenvalue weighted by molar-refractivity contribution is 0.102. The molecule has 0 saturated carbocycles. The van der Waals surface area contributed by atoms with Crippen LogP contribution in [0.4, 0.5) is 5.82 Å². The van der Waals surface area contributed by atoms with E-state index in [1.807, 2.05) is 18.2 Å². The largest absolute Gasteiger partial charge is 0.427 e. The van der Waals surface area contributed by atoms with Crippen molar-refractivity contribution in [3.63, 3.8) is 0 Å². The van der Waals surface area contributed by atoms with Crippen LogP contribution in [0, 0.1) is 13.8 Å². The van der Waals surface area contributed by atoms with Crippen LogP contribution in [-0.2, 0) is 12.8 Å². The van der Waals surface area contributed by atoms with Crippen molar-refractivity contribution in [1.82, 2.24) is 5.16 Å². The van der Waals surface area contributed by atoms with Gasteiger partial charge in [0.05, 0.1) is 0 Å².